The van der Waals surface area contributed by atoms with Crippen LogP contribution in [-0.4, -0.2) is 46.3 Å². The number of Topliss-reactive ketones (excluding diaryl/α,β-unsaturated/α-hetero) is 1. The van der Waals surface area contributed by atoms with E-state index in [-0.39, 0.29) is 24.2 Å². The van der Waals surface area contributed by atoms with Crippen molar-refractivity contribution in [1.82, 2.24) is 5.32 Å². The van der Waals surface area contributed by atoms with Crippen LogP contribution in [0, 0.1) is 0 Å². The number of para-hydroxylation sites is 1. The first-order chi connectivity index (χ1) is 19.4. The number of nitrogens with one attached hydrogen (secondary N) is 1. The van der Waals surface area contributed by atoms with Crippen LogP contribution in [0.3, 0.4) is 0 Å². The van der Waals surface area contributed by atoms with E-state index >= 15 is 0 Å². The molecule has 0 radical (unpaired) electrons. The maximum Gasteiger partial charge on any atom is 0.337 e. The van der Waals surface area contributed by atoms with E-state index in [0.717, 1.165) is 42.7 Å². The number of ether oxygens (including phenoxy) is 5. The Bertz CT molecular complexity index is 1370. The normalized spacial score (nSPS) is 21.1. The Hall–Kier alpha value is -3.94. The number of hydrogen-bond donors (Lipinski definition) is 1. The van der Waals surface area contributed by atoms with E-state index in [0.29, 0.717) is 46.1 Å². The molecular formula is C32H37NO7. The molecule has 1 aliphatic heterocycles. The molecule has 2 aliphatic carbocycles. The molecule has 2 aromatic carbocycles. The van der Waals surface area contributed by atoms with Crippen LogP contribution in [0.1, 0.15) is 68.4 Å². The lowest BCUT2D eigenvalue weighted by Crippen LogP contribution is -2.36. The number of carbonyl (C=O) groups excluding carboxylic acids is 2. The number of methoxy groups -OCH3 is 4. The Morgan fingerprint density at radius 2 is 1.52 bits per heavy atom. The van der Waals surface area contributed by atoms with Crippen molar-refractivity contribution in [3.63, 3.8) is 0 Å². The van der Waals surface area contributed by atoms with Crippen molar-refractivity contribution in [1.29, 1.82) is 0 Å². The van der Waals surface area contributed by atoms with Crippen molar-refractivity contribution in [2.45, 2.75) is 63.4 Å². The maximum atomic E-state index is 14.1. The SMILES string of the molecule is COc1ccccc1C1CC(=O)C2=C(C1)NC(C)=C(C(=O)OC1CCCC1)C2c1ccc(OC)c(OC)c1OC. The lowest BCUT2D eigenvalue weighted by Gasteiger charge is -2.37. The highest BCUT2D eigenvalue weighted by Gasteiger charge is 2.44. The monoisotopic (exact) mass is 547 g/mol. The summed E-state index contributed by atoms with van der Waals surface area (Å²) in [6, 6.07) is 11.4. The summed E-state index contributed by atoms with van der Waals surface area (Å²) in [5.74, 6) is 0.863. The standard InChI is InChI=1S/C32H37NO7/c1-18-27(32(35)40-20-10-6-7-11-20)28(22-14-15-26(37-3)31(39-5)30(22)38-4)29-23(33-18)16-19(17-24(29)34)21-12-8-9-13-25(21)36-2/h8-9,12-15,19-20,28,33H,6-7,10-11,16-17H2,1-5H3. The molecule has 1 saturated carbocycles. The zero-order chi connectivity index (χ0) is 28.4. The van der Waals surface area contributed by atoms with Gasteiger partial charge in [0.25, 0.3) is 0 Å². The summed E-state index contributed by atoms with van der Waals surface area (Å²) in [5, 5.41) is 3.43. The van der Waals surface area contributed by atoms with E-state index in [1.807, 2.05) is 37.3 Å². The molecule has 212 valence electrons. The fourth-order valence-corrected chi connectivity index (χ4v) is 6.42. The number of carbonyl (C=O) groups is 2. The van der Waals surface area contributed by atoms with Crippen LogP contribution in [0.4, 0.5) is 0 Å². The summed E-state index contributed by atoms with van der Waals surface area (Å²) in [7, 11) is 6.28. The van der Waals surface area contributed by atoms with Gasteiger partial charge < -0.3 is 29.0 Å². The van der Waals surface area contributed by atoms with Gasteiger partial charge in [0.1, 0.15) is 11.9 Å². The molecule has 0 spiro atoms. The summed E-state index contributed by atoms with van der Waals surface area (Å²) in [6.07, 6.45) is 4.55. The van der Waals surface area contributed by atoms with Crippen molar-refractivity contribution < 1.29 is 33.3 Å². The van der Waals surface area contributed by atoms with Crippen LogP contribution >= 0.6 is 0 Å². The summed E-state index contributed by atoms with van der Waals surface area (Å²) in [5.41, 5.74) is 4.07. The zero-order valence-electron chi connectivity index (χ0n) is 23.8. The van der Waals surface area contributed by atoms with Crippen LogP contribution in [0.2, 0.25) is 0 Å². The molecular weight excluding hydrogens is 510 g/mol. The van der Waals surface area contributed by atoms with Crippen LogP contribution in [0.5, 0.6) is 23.0 Å². The van der Waals surface area contributed by atoms with E-state index in [1.165, 1.54) is 7.11 Å². The molecule has 0 bridgehead atoms. The van der Waals surface area contributed by atoms with Gasteiger partial charge in [-0.25, -0.2) is 4.79 Å². The number of dihydropyridines is 1. The third-order valence-electron chi connectivity index (χ3n) is 8.25. The van der Waals surface area contributed by atoms with Gasteiger partial charge in [0.15, 0.2) is 17.3 Å². The first kappa shape index (κ1) is 27.6. The van der Waals surface area contributed by atoms with Gasteiger partial charge in [0.2, 0.25) is 5.75 Å². The van der Waals surface area contributed by atoms with Gasteiger partial charge >= 0.3 is 5.97 Å². The van der Waals surface area contributed by atoms with Crippen molar-refractivity contribution in [2.75, 3.05) is 28.4 Å². The Morgan fingerprint density at radius 3 is 2.20 bits per heavy atom. The maximum absolute atomic E-state index is 14.1. The number of rotatable bonds is 8. The third kappa shape index (κ3) is 4.91. The predicted octanol–water partition coefficient (Wildman–Crippen LogP) is 5.57. The zero-order valence-corrected chi connectivity index (χ0v) is 23.8. The van der Waals surface area contributed by atoms with Gasteiger partial charge in [-0.1, -0.05) is 24.3 Å². The molecule has 2 aromatic rings. The number of allylic oxidation sites excluding steroid dienone is 3. The lowest BCUT2D eigenvalue weighted by molar-refractivity contribution is -0.144. The van der Waals surface area contributed by atoms with E-state index in [4.69, 9.17) is 23.7 Å². The smallest absolute Gasteiger partial charge is 0.337 e. The second kappa shape index (κ2) is 11.7. The Labute approximate surface area is 235 Å². The average molecular weight is 548 g/mol. The molecule has 1 fully saturated rings. The quantitative estimate of drug-likeness (QED) is 0.429. The summed E-state index contributed by atoms with van der Waals surface area (Å²) in [6.45, 7) is 1.87. The molecule has 0 saturated heterocycles. The fraction of sp³-hybridized carbons (Fsp3) is 0.438. The van der Waals surface area contributed by atoms with Crippen LogP contribution in [0.25, 0.3) is 0 Å². The van der Waals surface area contributed by atoms with E-state index in [1.54, 1.807) is 27.4 Å². The Kier molecular flexibility index (Phi) is 8.05. The van der Waals surface area contributed by atoms with E-state index in [2.05, 4.69) is 5.32 Å². The van der Waals surface area contributed by atoms with Gasteiger partial charge in [-0.2, -0.15) is 0 Å². The van der Waals surface area contributed by atoms with Gasteiger partial charge in [-0.05, 0) is 56.7 Å². The number of hydrogen-bond acceptors (Lipinski definition) is 8. The first-order valence-corrected chi connectivity index (χ1v) is 13.8. The Morgan fingerprint density at radius 1 is 0.825 bits per heavy atom. The summed E-state index contributed by atoms with van der Waals surface area (Å²) < 4.78 is 28.6. The summed E-state index contributed by atoms with van der Waals surface area (Å²) in [4.78, 5) is 27.9. The Balaban J connectivity index is 1.64. The van der Waals surface area contributed by atoms with E-state index < -0.39 is 11.9 Å². The minimum atomic E-state index is -0.689. The molecule has 1 heterocycles. The molecule has 5 rings (SSSR count). The van der Waals surface area contributed by atoms with Gasteiger partial charge in [0.05, 0.1) is 39.9 Å². The minimum absolute atomic E-state index is 0.0369. The second-order valence-corrected chi connectivity index (χ2v) is 10.5. The highest BCUT2D eigenvalue weighted by Crippen LogP contribution is 2.52. The molecule has 8 heteroatoms. The molecule has 8 nitrogen and oxygen atoms in total. The third-order valence-corrected chi connectivity index (χ3v) is 8.25. The average Bonchev–Trinajstić information content (AvgIpc) is 3.48. The van der Waals surface area contributed by atoms with Crippen molar-refractivity contribution in [2.24, 2.45) is 0 Å². The number of benzene rings is 2. The van der Waals surface area contributed by atoms with Gasteiger partial charge in [-0.3, -0.25) is 4.79 Å². The molecule has 0 amide bonds. The number of esters is 1. The fourth-order valence-electron chi connectivity index (χ4n) is 6.42. The first-order valence-electron chi connectivity index (χ1n) is 13.8. The van der Waals surface area contributed by atoms with E-state index in [9.17, 15) is 9.59 Å². The lowest BCUT2D eigenvalue weighted by atomic mass is 9.71. The largest absolute Gasteiger partial charge is 0.496 e. The van der Waals surface area contributed by atoms with Crippen LogP contribution in [0.15, 0.2) is 58.9 Å². The predicted molar refractivity (Wildman–Crippen MR) is 150 cm³/mol. The van der Waals surface area contributed by atoms with Crippen LogP contribution < -0.4 is 24.3 Å². The number of ketones is 1. The van der Waals surface area contributed by atoms with Crippen molar-refractivity contribution >= 4 is 11.8 Å². The van der Waals surface area contributed by atoms with Crippen molar-refractivity contribution in [3.05, 3.63) is 70.1 Å². The topological polar surface area (TPSA) is 92.3 Å². The highest BCUT2D eigenvalue weighted by molar-refractivity contribution is 6.04. The second-order valence-electron chi connectivity index (χ2n) is 10.5. The van der Waals surface area contributed by atoms with Gasteiger partial charge in [0, 0.05) is 34.9 Å². The van der Waals surface area contributed by atoms with Crippen molar-refractivity contribution in [3.8, 4) is 23.0 Å². The highest BCUT2D eigenvalue weighted by atomic mass is 16.5. The molecule has 0 aromatic heterocycles. The summed E-state index contributed by atoms with van der Waals surface area (Å²) >= 11 is 0. The molecule has 2 unspecified atom stereocenters. The van der Waals surface area contributed by atoms with Crippen LogP contribution in [-0.2, 0) is 14.3 Å². The molecule has 1 N–H and O–H groups in total. The molecule has 2 atom stereocenters. The van der Waals surface area contributed by atoms with Gasteiger partial charge in [-0.15, -0.1) is 0 Å². The minimum Gasteiger partial charge on any atom is -0.496 e. The molecule has 40 heavy (non-hydrogen) atoms. The molecule has 3 aliphatic rings.